The second-order valence-corrected chi connectivity index (χ2v) is 5.93. The molecule has 0 saturated heterocycles. The van der Waals surface area contributed by atoms with Gasteiger partial charge in [0.2, 0.25) is 5.95 Å². The molecule has 21 heavy (non-hydrogen) atoms. The Morgan fingerprint density at radius 3 is 2.76 bits per heavy atom. The summed E-state index contributed by atoms with van der Waals surface area (Å²) in [5.41, 5.74) is 5.09. The number of nitrogen functional groups attached to an aromatic ring is 1. The number of nitrogens with zero attached hydrogens (tertiary/aromatic N) is 6. The highest BCUT2D eigenvalue weighted by molar-refractivity contribution is 7.99. The van der Waals surface area contributed by atoms with Gasteiger partial charge in [0.1, 0.15) is 18.3 Å². The van der Waals surface area contributed by atoms with Crippen LogP contribution in [-0.4, -0.2) is 47.0 Å². The van der Waals surface area contributed by atoms with Crippen molar-refractivity contribution in [2.75, 3.05) is 11.5 Å². The second kappa shape index (κ2) is 6.04. The van der Waals surface area contributed by atoms with Gasteiger partial charge in [-0.1, -0.05) is 11.8 Å². The van der Waals surface area contributed by atoms with Gasteiger partial charge in [-0.15, -0.1) is 0 Å². The van der Waals surface area contributed by atoms with Gasteiger partial charge in [-0.05, 0) is 20.8 Å². The average molecular weight is 309 g/mol. The van der Waals surface area contributed by atoms with Gasteiger partial charge in [0.05, 0.1) is 5.75 Å². The quantitative estimate of drug-likeness (QED) is 0.634. The van der Waals surface area contributed by atoms with Gasteiger partial charge in [0, 0.05) is 0 Å². The van der Waals surface area contributed by atoms with Crippen molar-refractivity contribution in [2.24, 2.45) is 0 Å². The van der Waals surface area contributed by atoms with Crippen LogP contribution < -0.4 is 5.73 Å². The molecule has 0 bridgehead atoms. The highest BCUT2D eigenvalue weighted by Crippen LogP contribution is 2.16. The predicted octanol–water partition coefficient (Wildman–Crippen LogP) is 0.468. The summed E-state index contributed by atoms with van der Waals surface area (Å²) < 4.78 is 6.56. The van der Waals surface area contributed by atoms with E-state index in [0.29, 0.717) is 5.16 Å². The van der Waals surface area contributed by atoms with Crippen LogP contribution in [0.3, 0.4) is 0 Å². The molecule has 2 aromatic rings. The molecule has 0 amide bonds. The molecular weight excluding hydrogens is 294 g/mol. The molecule has 2 heterocycles. The number of hydrogen-bond acceptors (Lipinski definition) is 9. The summed E-state index contributed by atoms with van der Waals surface area (Å²) in [5, 5.41) is 4.23. The molecule has 112 valence electrons. The topological polar surface area (TPSA) is 122 Å². The van der Waals surface area contributed by atoms with Crippen LogP contribution in [0.2, 0.25) is 0 Å². The minimum absolute atomic E-state index is 0.0437. The van der Waals surface area contributed by atoms with E-state index in [9.17, 15) is 4.79 Å². The molecule has 0 aliphatic rings. The van der Waals surface area contributed by atoms with Crippen LogP contribution in [-0.2, 0) is 9.53 Å². The van der Waals surface area contributed by atoms with Crippen molar-refractivity contribution in [1.29, 1.82) is 0 Å². The monoisotopic (exact) mass is 309 g/mol. The van der Waals surface area contributed by atoms with E-state index >= 15 is 0 Å². The molecule has 0 aliphatic heterocycles. The number of aromatic nitrogens is 6. The van der Waals surface area contributed by atoms with Gasteiger partial charge in [-0.3, -0.25) is 4.79 Å². The molecule has 0 aromatic carbocycles. The minimum atomic E-state index is -0.526. The molecule has 0 unspecified atom stereocenters. The van der Waals surface area contributed by atoms with Gasteiger partial charge in [0.15, 0.2) is 5.16 Å². The molecule has 9 nitrogen and oxygen atoms in total. The largest absolute Gasteiger partial charge is 0.459 e. The molecule has 0 radical (unpaired) electrons. The number of esters is 1. The van der Waals surface area contributed by atoms with Crippen molar-refractivity contribution in [1.82, 2.24) is 29.7 Å². The van der Waals surface area contributed by atoms with Gasteiger partial charge in [-0.25, -0.2) is 4.98 Å². The Morgan fingerprint density at radius 1 is 1.38 bits per heavy atom. The van der Waals surface area contributed by atoms with Crippen LogP contribution in [0.25, 0.3) is 5.95 Å². The smallest absolute Gasteiger partial charge is 0.316 e. The Bertz CT molecular complexity index is 624. The van der Waals surface area contributed by atoms with E-state index < -0.39 is 5.60 Å². The first-order valence-electron chi connectivity index (χ1n) is 6.05. The van der Waals surface area contributed by atoms with E-state index in [-0.39, 0.29) is 23.6 Å². The van der Waals surface area contributed by atoms with Crippen molar-refractivity contribution in [2.45, 2.75) is 31.5 Å². The van der Waals surface area contributed by atoms with E-state index in [1.807, 2.05) is 0 Å². The molecule has 2 aromatic heterocycles. The fourth-order valence-electron chi connectivity index (χ4n) is 1.33. The fourth-order valence-corrected chi connectivity index (χ4v) is 1.94. The molecule has 0 fully saturated rings. The van der Waals surface area contributed by atoms with Gasteiger partial charge >= 0.3 is 5.97 Å². The van der Waals surface area contributed by atoms with Crippen molar-refractivity contribution in [3.05, 3.63) is 12.7 Å². The number of carbonyl (C=O) groups excluding carboxylic acids is 1. The number of ether oxygens (including phenoxy) is 1. The van der Waals surface area contributed by atoms with Gasteiger partial charge in [0.25, 0.3) is 5.95 Å². The van der Waals surface area contributed by atoms with Crippen LogP contribution in [0, 0.1) is 0 Å². The third kappa shape index (κ3) is 4.67. The maximum absolute atomic E-state index is 11.7. The Labute approximate surface area is 125 Å². The molecule has 2 N–H and O–H groups in total. The van der Waals surface area contributed by atoms with Gasteiger partial charge in [-0.2, -0.15) is 24.7 Å². The standard InChI is InChI=1S/C11H15N7O2S/c1-11(2,3)20-7(19)4-21-10-16-8(12)15-9(17-10)18-6-13-5-14-18/h5-6H,4H2,1-3H3,(H2,12,15,16,17). The highest BCUT2D eigenvalue weighted by Gasteiger charge is 2.17. The fraction of sp³-hybridized carbons (Fsp3) is 0.455. The normalized spacial score (nSPS) is 11.4. The summed E-state index contributed by atoms with van der Waals surface area (Å²) in [4.78, 5) is 27.5. The molecule has 0 aliphatic carbocycles. The highest BCUT2D eigenvalue weighted by atomic mass is 32.2. The average Bonchev–Trinajstić information content (AvgIpc) is 2.87. The summed E-state index contributed by atoms with van der Waals surface area (Å²) >= 11 is 1.12. The van der Waals surface area contributed by atoms with Crippen LogP contribution >= 0.6 is 11.8 Å². The first kappa shape index (κ1) is 15.2. The number of hydrogen-bond donors (Lipinski definition) is 1. The molecule has 0 saturated carbocycles. The summed E-state index contributed by atoms with van der Waals surface area (Å²) in [7, 11) is 0. The maximum Gasteiger partial charge on any atom is 0.316 e. The lowest BCUT2D eigenvalue weighted by Crippen LogP contribution is -2.25. The third-order valence-electron chi connectivity index (χ3n) is 1.98. The van der Waals surface area contributed by atoms with E-state index in [1.165, 1.54) is 17.3 Å². The van der Waals surface area contributed by atoms with Crippen LogP contribution in [0.4, 0.5) is 5.95 Å². The van der Waals surface area contributed by atoms with Crippen LogP contribution in [0.1, 0.15) is 20.8 Å². The van der Waals surface area contributed by atoms with E-state index in [2.05, 4.69) is 25.0 Å². The minimum Gasteiger partial charge on any atom is -0.459 e. The maximum atomic E-state index is 11.7. The lowest BCUT2D eigenvalue weighted by molar-refractivity contribution is -0.151. The van der Waals surface area contributed by atoms with Crippen molar-refractivity contribution < 1.29 is 9.53 Å². The zero-order valence-corrected chi connectivity index (χ0v) is 12.7. The molecule has 10 heteroatoms. The van der Waals surface area contributed by atoms with Crippen LogP contribution in [0.15, 0.2) is 17.8 Å². The third-order valence-corrected chi connectivity index (χ3v) is 2.80. The summed E-state index contributed by atoms with van der Waals surface area (Å²) in [6.45, 7) is 5.41. The van der Waals surface area contributed by atoms with E-state index in [0.717, 1.165) is 11.8 Å². The van der Waals surface area contributed by atoms with Crippen molar-refractivity contribution in [3.63, 3.8) is 0 Å². The van der Waals surface area contributed by atoms with Crippen molar-refractivity contribution in [3.8, 4) is 5.95 Å². The first-order chi connectivity index (χ1) is 9.83. The molecular formula is C11H15N7O2S. The lowest BCUT2D eigenvalue weighted by Gasteiger charge is -2.19. The number of anilines is 1. The van der Waals surface area contributed by atoms with Crippen LogP contribution in [0.5, 0.6) is 0 Å². The number of rotatable bonds is 4. The molecule has 2 rings (SSSR count). The lowest BCUT2D eigenvalue weighted by atomic mass is 10.2. The SMILES string of the molecule is CC(C)(C)OC(=O)CSc1nc(N)nc(-n2cncn2)n1. The number of nitrogens with two attached hydrogens (primary N) is 1. The van der Waals surface area contributed by atoms with E-state index in [1.54, 1.807) is 20.8 Å². The first-order valence-corrected chi connectivity index (χ1v) is 7.03. The molecule has 0 atom stereocenters. The zero-order valence-electron chi connectivity index (χ0n) is 11.8. The summed E-state index contributed by atoms with van der Waals surface area (Å²) in [5.74, 6) is 0.0139. The predicted molar refractivity (Wildman–Crippen MR) is 75.7 cm³/mol. The Kier molecular flexibility index (Phi) is 4.36. The Balaban J connectivity index is 2.06. The molecule has 0 spiro atoms. The summed E-state index contributed by atoms with van der Waals surface area (Å²) in [6, 6.07) is 0. The zero-order chi connectivity index (χ0) is 15.5. The second-order valence-electron chi connectivity index (χ2n) is 4.99. The Hall–Kier alpha value is -2.23. The Morgan fingerprint density at radius 2 is 2.14 bits per heavy atom. The number of thioether (sulfide) groups is 1. The van der Waals surface area contributed by atoms with Gasteiger partial charge < -0.3 is 10.5 Å². The number of carbonyl (C=O) groups is 1. The van der Waals surface area contributed by atoms with Crippen molar-refractivity contribution >= 4 is 23.7 Å². The van der Waals surface area contributed by atoms with E-state index in [4.69, 9.17) is 10.5 Å². The summed E-state index contributed by atoms with van der Waals surface area (Å²) in [6.07, 6.45) is 2.80.